The van der Waals surface area contributed by atoms with Gasteiger partial charge in [0.25, 0.3) is 0 Å². The molecule has 3 heterocycles. The summed E-state index contributed by atoms with van der Waals surface area (Å²) in [5.41, 5.74) is 0. The van der Waals surface area contributed by atoms with Gasteiger partial charge in [-0.3, -0.25) is 5.10 Å². The van der Waals surface area contributed by atoms with E-state index in [4.69, 9.17) is 9.26 Å². The smallest absolute Gasteiger partial charge is 0.240 e. The topological polar surface area (TPSA) is 89.7 Å². The van der Waals surface area contributed by atoms with Gasteiger partial charge in [0.2, 0.25) is 11.0 Å². The van der Waals surface area contributed by atoms with E-state index in [-0.39, 0.29) is 5.25 Å². The van der Waals surface area contributed by atoms with Gasteiger partial charge in [0.05, 0.1) is 10.1 Å². The Bertz CT molecular complexity index is 694. The minimum absolute atomic E-state index is 0.0323. The van der Waals surface area contributed by atoms with Gasteiger partial charge < -0.3 is 9.26 Å². The number of ether oxygens (including phenoxy) is 1. The summed E-state index contributed by atoms with van der Waals surface area (Å²) in [5.74, 6) is 1.84. The number of thiophene rings is 1. The quantitative estimate of drug-likeness (QED) is 0.697. The highest BCUT2D eigenvalue weighted by Gasteiger charge is 2.18. The van der Waals surface area contributed by atoms with Gasteiger partial charge in [-0.15, -0.1) is 16.4 Å². The van der Waals surface area contributed by atoms with Gasteiger partial charge in [0.1, 0.15) is 6.61 Å². The maximum atomic E-state index is 5.20. The normalized spacial score (nSPS) is 12.7. The maximum absolute atomic E-state index is 5.20. The first kappa shape index (κ1) is 14.2. The SMILES string of the molecule is COCc1noc(C(C)Sc2n[nH]c(-c3cccs3)n2)n1. The molecule has 0 aliphatic heterocycles. The Morgan fingerprint density at radius 2 is 2.38 bits per heavy atom. The van der Waals surface area contributed by atoms with Crippen LogP contribution in [0, 0.1) is 0 Å². The van der Waals surface area contributed by atoms with E-state index in [1.165, 1.54) is 11.8 Å². The standard InChI is InChI=1S/C12H13N5O2S2/c1-7(11-13-9(6-18-2)17-19-11)21-12-14-10(15-16-12)8-4-3-5-20-8/h3-5,7H,6H2,1-2H3,(H,14,15,16). The second-order valence-corrected chi connectivity index (χ2v) is 6.44. The lowest BCUT2D eigenvalue weighted by Gasteiger charge is -2.01. The number of methoxy groups -OCH3 is 1. The van der Waals surface area contributed by atoms with E-state index in [9.17, 15) is 0 Å². The first-order chi connectivity index (χ1) is 10.3. The van der Waals surface area contributed by atoms with Crippen molar-refractivity contribution in [3.8, 4) is 10.7 Å². The van der Waals surface area contributed by atoms with Crippen LogP contribution in [-0.4, -0.2) is 32.4 Å². The van der Waals surface area contributed by atoms with E-state index in [0.29, 0.717) is 23.5 Å². The average molecular weight is 323 g/mol. The van der Waals surface area contributed by atoms with E-state index in [2.05, 4.69) is 25.3 Å². The van der Waals surface area contributed by atoms with Crippen molar-refractivity contribution in [1.82, 2.24) is 25.3 Å². The van der Waals surface area contributed by atoms with Crippen molar-refractivity contribution in [3.05, 3.63) is 29.2 Å². The molecule has 3 aromatic heterocycles. The molecule has 3 rings (SSSR count). The lowest BCUT2D eigenvalue weighted by molar-refractivity contribution is 0.174. The molecule has 1 atom stereocenters. The highest BCUT2D eigenvalue weighted by molar-refractivity contribution is 7.99. The van der Waals surface area contributed by atoms with Crippen molar-refractivity contribution in [2.24, 2.45) is 0 Å². The number of hydrogen-bond acceptors (Lipinski definition) is 8. The third kappa shape index (κ3) is 3.31. The Kier molecular flexibility index (Phi) is 4.32. The van der Waals surface area contributed by atoms with Gasteiger partial charge >= 0.3 is 0 Å². The van der Waals surface area contributed by atoms with Crippen LogP contribution < -0.4 is 0 Å². The predicted octanol–water partition coefficient (Wildman–Crippen LogP) is 2.92. The summed E-state index contributed by atoms with van der Waals surface area (Å²) in [6.07, 6.45) is 0. The van der Waals surface area contributed by atoms with Crippen LogP contribution in [-0.2, 0) is 11.3 Å². The van der Waals surface area contributed by atoms with Crippen LogP contribution in [0.4, 0.5) is 0 Å². The molecule has 0 radical (unpaired) electrons. The number of hydrogen-bond donors (Lipinski definition) is 1. The molecular weight excluding hydrogens is 310 g/mol. The molecule has 1 N–H and O–H groups in total. The van der Waals surface area contributed by atoms with Crippen molar-refractivity contribution in [2.75, 3.05) is 7.11 Å². The summed E-state index contributed by atoms with van der Waals surface area (Å²) in [4.78, 5) is 9.78. The van der Waals surface area contributed by atoms with Crippen LogP contribution in [0.2, 0.25) is 0 Å². The number of rotatable bonds is 6. The zero-order valence-electron chi connectivity index (χ0n) is 11.4. The van der Waals surface area contributed by atoms with Gasteiger partial charge in [-0.2, -0.15) is 4.98 Å². The Hall–Kier alpha value is -1.71. The number of nitrogens with one attached hydrogen (secondary N) is 1. The summed E-state index contributed by atoms with van der Waals surface area (Å²) in [6, 6.07) is 3.98. The van der Waals surface area contributed by atoms with E-state index < -0.39 is 0 Å². The van der Waals surface area contributed by atoms with Crippen molar-refractivity contribution < 1.29 is 9.26 Å². The fourth-order valence-electron chi connectivity index (χ4n) is 1.65. The van der Waals surface area contributed by atoms with Gasteiger partial charge in [0.15, 0.2) is 11.6 Å². The van der Waals surface area contributed by atoms with Crippen molar-refractivity contribution in [2.45, 2.75) is 23.9 Å². The molecule has 0 bridgehead atoms. The molecule has 0 fully saturated rings. The molecule has 9 heteroatoms. The highest BCUT2D eigenvalue weighted by atomic mass is 32.2. The second kappa shape index (κ2) is 6.37. The Balaban J connectivity index is 1.68. The van der Waals surface area contributed by atoms with Crippen LogP contribution in [0.5, 0.6) is 0 Å². The molecule has 0 aromatic carbocycles. The highest BCUT2D eigenvalue weighted by Crippen LogP contribution is 2.33. The Morgan fingerprint density at radius 3 is 3.14 bits per heavy atom. The molecule has 0 spiro atoms. The van der Waals surface area contributed by atoms with Crippen LogP contribution >= 0.6 is 23.1 Å². The molecular formula is C12H13N5O2S2. The van der Waals surface area contributed by atoms with Crippen LogP contribution in [0.3, 0.4) is 0 Å². The van der Waals surface area contributed by atoms with Gasteiger partial charge in [-0.05, 0) is 18.4 Å². The third-order valence-electron chi connectivity index (χ3n) is 2.61. The molecule has 0 amide bonds. The first-order valence-corrected chi connectivity index (χ1v) is 7.96. The van der Waals surface area contributed by atoms with E-state index >= 15 is 0 Å². The number of aromatic amines is 1. The number of nitrogens with zero attached hydrogens (tertiary/aromatic N) is 4. The van der Waals surface area contributed by atoms with E-state index in [0.717, 1.165) is 10.7 Å². The first-order valence-electron chi connectivity index (χ1n) is 6.20. The average Bonchev–Trinajstić information content (AvgIpc) is 3.20. The minimum Gasteiger partial charge on any atom is -0.377 e. The lowest BCUT2D eigenvalue weighted by Crippen LogP contribution is -1.93. The Labute approximate surface area is 129 Å². The molecule has 110 valence electrons. The van der Waals surface area contributed by atoms with Gasteiger partial charge in [-0.1, -0.05) is 23.0 Å². The largest absolute Gasteiger partial charge is 0.377 e. The zero-order valence-corrected chi connectivity index (χ0v) is 13.1. The Morgan fingerprint density at radius 1 is 1.48 bits per heavy atom. The fraction of sp³-hybridized carbons (Fsp3) is 0.333. The van der Waals surface area contributed by atoms with Crippen molar-refractivity contribution in [1.29, 1.82) is 0 Å². The van der Waals surface area contributed by atoms with Crippen LogP contribution in [0.15, 0.2) is 27.2 Å². The van der Waals surface area contributed by atoms with E-state index in [1.54, 1.807) is 18.4 Å². The fourth-order valence-corrected chi connectivity index (χ4v) is 3.07. The van der Waals surface area contributed by atoms with Crippen molar-refractivity contribution >= 4 is 23.1 Å². The molecule has 0 aliphatic rings. The number of H-pyrrole nitrogens is 1. The predicted molar refractivity (Wildman–Crippen MR) is 79.0 cm³/mol. The molecule has 21 heavy (non-hydrogen) atoms. The minimum atomic E-state index is -0.0323. The summed E-state index contributed by atoms with van der Waals surface area (Å²) in [7, 11) is 1.59. The molecule has 7 nitrogen and oxygen atoms in total. The lowest BCUT2D eigenvalue weighted by atomic mass is 10.4. The monoisotopic (exact) mass is 323 g/mol. The molecule has 0 saturated carbocycles. The molecule has 0 aliphatic carbocycles. The zero-order chi connectivity index (χ0) is 14.7. The third-order valence-corrected chi connectivity index (χ3v) is 4.43. The molecule has 3 aromatic rings. The molecule has 1 unspecified atom stereocenters. The summed E-state index contributed by atoms with van der Waals surface area (Å²) < 4.78 is 10.2. The maximum Gasteiger partial charge on any atom is 0.240 e. The molecule has 0 saturated heterocycles. The van der Waals surface area contributed by atoms with Gasteiger partial charge in [-0.25, -0.2) is 4.98 Å². The number of thioether (sulfide) groups is 1. The summed E-state index contributed by atoms with van der Waals surface area (Å²) >= 11 is 3.08. The van der Waals surface area contributed by atoms with Crippen LogP contribution in [0.25, 0.3) is 10.7 Å². The summed E-state index contributed by atoms with van der Waals surface area (Å²) in [6.45, 7) is 2.31. The summed E-state index contributed by atoms with van der Waals surface area (Å²) in [5, 5.41) is 13.6. The van der Waals surface area contributed by atoms with Gasteiger partial charge in [0, 0.05) is 7.11 Å². The number of aromatic nitrogens is 5. The second-order valence-electron chi connectivity index (χ2n) is 4.19. The van der Waals surface area contributed by atoms with E-state index in [1.807, 2.05) is 24.4 Å². The van der Waals surface area contributed by atoms with Crippen LogP contribution in [0.1, 0.15) is 23.9 Å². The van der Waals surface area contributed by atoms with Crippen molar-refractivity contribution in [3.63, 3.8) is 0 Å².